The van der Waals surface area contributed by atoms with Crippen LogP contribution in [0.4, 0.5) is 28.4 Å². The summed E-state index contributed by atoms with van der Waals surface area (Å²) in [6.45, 7) is 0. The molecule has 1 aliphatic heterocycles. The first kappa shape index (κ1) is 43.4. The molecule has 320 valence electrons. The van der Waals surface area contributed by atoms with Gasteiger partial charge in [-0.15, -0.1) is 0 Å². The highest BCUT2D eigenvalue weighted by Gasteiger charge is 2.36. The van der Waals surface area contributed by atoms with Gasteiger partial charge in [-0.1, -0.05) is 0 Å². The molecule has 1 fully saturated rings. The highest BCUT2D eigenvalue weighted by Crippen LogP contribution is 2.64. The Kier molecular flexibility index (Phi) is 13.3. The van der Waals surface area contributed by atoms with Crippen molar-refractivity contribution >= 4 is 54.7 Å². The summed E-state index contributed by atoms with van der Waals surface area (Å²) in [5.74, 6) is -2.45. The van der Waals surface area contributed by atoms with Crippen molar-refractivity contribution in [1.29, 1.82) is 0 Å². The van der Waals surface area contributed by atoms with Gasteiger partial charge in [-0.05, 0) is 60.7 Å². The van der Waals surface area contributed by atoms with Crippen molar-refractivity contribution < 1.29 is 52.8 Å². The van der Waals surface area contributed by atoms with E-state index in [-0.39, 0.29) is 92.2 Å². The van der Waals surface area contributed by atoms with Crippen LogP contribution in [-0.4, -0.2) is 24.6 Å². The molecule has 0 saturated carbocycles. The molecular formula is C36H25N8O16P3. The second-order valence-corrected chi connectivity index (χ2v) is 16.3. The summed E-state index contributed by atoms with van der Waals surface area (Å²) in [7, 11) is -1.87. The second kappa shape index (κ2) is 19.3. The van der Waals surface area contributed by atoms with Gasteiger partial charge in [0.1, 0.15) is 28.7 Å². The van der Waals surface area contributed by atoms with Gasteiger partial charge in [0.15, 0.2) is 0 Å². The molecule has 2 atom stereocenters. The number of nitro benzene ring substituents is 5. The zero-order valence-electron chi connectivity index (χ0n) is 31.3. The van der Waals surface area contributed by atoms with Crippen LogP contribution in [0.5, 0.6) is 63.2 Å². The molecule has 0 bridgehead atoms. The van der Waals surface area contributed by atoms with Gasteiger partial charge in [-0.3, -0.25) is 55.4 Å². The van der Waals surface area contributed by atoms with E-state index in [0.717, 1.165) is 60.7 Å². The molecule has 2 unspecified atom stereocenters. The normalized spacial score (nSPS) is 14.0. The van der Waals surface area contributed by atoms with Gasteiger partial charge in [0.05, 0.1) is 24.6 Å². The Labute approximate surface area is 356 Å². The lowest BCUT2D eigenvalue weighted by Crippen LogP contribution is -2.19. The Bertz CT molecular complexity index is 2550. The smallest absolute Gasteiger partial charge is 0.269 e. The molecule has 1 heterocycles. The molecule has 0 spiro atoms. The molecule has 1 saturated heterocycles. The number of nitrogens with one attached hydrogen (secondary N) is 3. The first-order valence-electron chi connectivity index (χ1n) is 17.4. The third kappa shape index (κ3) is 10.6. The SMILES string of the molecule is O=[N+]([O-])c1ccc(Oc2c(Oc3ccc([N+](=O)[O-])cc3)c(Oc3ccc([N+](=O)[O-])cc3)c(OP3NPNPN3)c(Oc3ccc([N+](=O)[O-])cc3)c2Oc2ccc([N+](=O)[O-])cc2)cc1. The molecule has 1 aliphatic rings. The summed E-state index contributed by atoms with van der Waals surface area (Å²) in [4.78, 5) is 64.1. The van der Waals surface area contributed by atoms with Crippen molar-refractivity contribution in [3.8, 4) is 63.2 Å². The highest BCUT2D eigenvalue weighted by molar-refractivity contribution is 7.71. The van der Waals surface area contributed by atoms with E-state index in [2.05, 4.69) is 14.6 Å². The summed E-state index contributed by atoms with van der Waals surface area (Å²) < 4.78 is 38.8. The van der Waals surface area contributed by atoms with Crippen LogP contribution < -0.4 is 42.8 Å². The molecule has 0 aliphatic carbocycles. The minimum Gasteiger partial charge on any atom is -0.449 e. The predicted octanol–water partition coefficient (Wildman–Crippen LogP) is 10.6. The lowest BCUT2D eigenvalue weighted by atomic mass is 10.2. The minimum absolute atomic E-state index is 0.0158. The van der Waals surface area contributed by atoms with E-state index in [1.165, 1.54) is 60.7 Å². The molecule has 3 N–H and O–H groups in total. The average molecular weight is 919 g/mol. The lowest BCUT2D eigenvalue weighted by molar-refractivity contribution is -0.385. The van der Waals surface area contributed by atoms with Gasteiger partial charge < -0.3 is 28.2 Å². The standard InChI is InChI=1S/C36H25N8O16P3/c45-40(46)21-1-11-26(12-2-21)55-31-32(56-27-13-3-22(4-14-27)41(47)48)34(58-29-17-7-24(8-18-29)43(51)52)36(60-63-38-61-37-62-39-63)35(59-30-19-9-25(10-20-30)44(53)54)33(31)57-28-15-5-23(6-16-28)42(49)50/h1-20,37-39,61-62H. The molecule has 0 radical (unpaired) electrons. The van der Waals surface area contributed by atoms with E-state index in [9.17, 15) is 50.6 Å². The van der Waals surface area contributed by atoms with Crippen LogP contribution in [0.3, 0.4) is 0 Å². The zero-order valence-corrected chi connectivity index (χ0v) is 34.2. The maximum atomic E-state index is 11.6. The van der Waals surface area contributed by atoms with E-state index >= 15 is 0 Å². The van der Waals surface area contributed by atoms with Crippen molar-refractivity contribution in [3.05, 3.63) is 172 Å². The van der Waals surface area contributed by atoms with Crippen molar-refractivity contribution in [2.45, 2.75) is 0 Å². The van der Waals surface area contributed by atoms with E-state index in [1.54, 1.807) is 0 Å². The molecular weight excluding hydrogens is 893 g/mol. The van der Waals surface area contributed by atoms with Crippen LogP contribution >= 0.6 is 26.2 Å². The molecule has 6 aromatic carbocycles. The Morgan fingerprint density at radius 2 is 0.556 bits per heavy atom. The van der Waals surface area contributed by atoms with Crippen LogP contribution in [-0.2, 0) is 0 Å². The molecule has 24 nitrogen and oxygen atoms in total. The van der Waals surface area contributed by atoms with E-state index in [1.807, 2.05) is 0 Å². The number of nitro groups is 5. The van der Waals surface area contributed by atoms with Crippen molar-refractivity contribution in [2.75, 3.05) is 0 Å². The predicted molar refractivity (Wildman–Crippen MR) is 226 cm³/mol. The fourth-order valence-corrected chi connectivity index (χ4v) is 9.24. The van der Waals surface area contributed by atoms with Crippen molar-refractivity contribution in [3.63, 3.8) is 0 Å². The van der Waals surface area contributed by atoms with Crippen LogP contribution in [0, 0.1) is 50.6 Å². The topological polar surface area (TPSA) is 307 Å². The van der Waals surface area contributed by atoms with Crippen LogP contribution in [0.1, 0.15) is 0 Å². The maximum absolute atomic E-state index is 11.6. The second-order valence-electron chi connectivity index (χ2n) is 12.2. The molecule has 63 heavy (non-hydrogen) atoms. The van der Waals surface area contributed by atoms with Gasteiger partial charge in [0, 0.05) is 78.4 Å². The molecule has 6 aromatic rings. The number of nitrogens with zero attached hydrogens (tertiary/aromatic N) is 5. The Morgan fingerprint density at radius 3 is 0.762 bits per heavy atom. The Balaban J connectivity index is 1.55. The Hall–Kier alpha value is -7.71. The van der Waals surface area contributed by atoms with Gasteiger partial charge in [0.25, 0.3) is 36.9 Å². The monoisotopic (exact) mass is 918 g/mol. The number of ether oxygens (including phenoxy) is 5. The van der Waals surface area contributed by atoms with Crippen LogP contribution in [0.15, 0.2) is 121 Å². The average Bonchev–Trinajstić information content (AvgIpc) is 3.28. The molecule has 0 aromatic heterocycles. The fourth-order valence-electron chi connectivity index (χ4n) is 5.29. The highest BCUT2D eigenvalue weighted by atomic mass is 31.2. The Morgan fingerprint density at radius 1 is 0.349 bits per heavy atom. The van der Waals surface area contributed by atoms with E-state index < -0.39 is 50.3 Å². The zero-order chi connectivity index (χ0) is 44.6. The molecule has 0 amide bonds. The largest absolute Gasteiger partial charge is 0.449 e. The number of hydrogen-bond donors (Lipinski definition) is 3. The summed E-state index contributed by atoms with van der Waals surface area (Å²) in [5.41, 5.74) is -1.46. The summed E-state index contributed by atoms with van der Waals surface area (Å²) >= 11 is 0. The number of benzene rings is 6. The summed E-state index contributed by atoms with van der Waals surface area (Å²) in [6.07, 6.45) is 0. The minimum atomic E-state index is -1.83. The molecule has 7 rings (SSSR count). The van der Waals surface area contributed by atoms with Gasteiger partial charge >= 0.3 is 0 Å². The van der Waals surface area contributed by atoms with Gasteiger partial charge in [0.2, 0.25) is 34.5 Å². The number of non-ortho nitro benzene ring substituents is 5. The first-order chi connectivity index (χ1) is 30.3. The first-order valence-corrected chi connectivity index (χ1v) is 20.7. The lowest BCUT2D eigenvalue weighted by Gasteiger charge is -2.28. The third-order valence-corrected chi connectivity index (χ3v) is 12.1. The van der Waals surface area contributed by atoms with Crippen molar-refractivity contribution in [2.24, 2.45) is 0 Å². The van der Waals surface area contributed by atoms with Crippen LogP contribution in [0.25, 0.3) is 0 Å². The van der Waals surface area contributed by atoms with E-state index in [4.69, 9.17) is 28.2 Å². The summed E-state index contributed by atoms with van der Waals surface area (Å²) in [6, 6.07) is 24.1. The van der Waals surface area contributed by atoms with E-state index in [0.29, 0.717) is 0 Å². The quantitative estimate of drug-likeness (QED) is 0.0435. The number of rotatable bonds is 17. The van der Waals surface area contributed by atoms with Gasteiger partial charge in [-0.25, -0.2) is 9.72 Å². The maximum Gasteiger partial charge on any atom is 0.269 e. The third-order valence-electron chi connectivity index (χ3n) is 8.20. The number of hydrogen-bond acceptors (Lipinski definition) is 19. The fraction of sp³-hybridized carbons (Fsp3) is 0. The van der Waals surface area contributed by atoms with Gasteiger partial charge in [-0.2, -0.15) is 0 Å². The summed E-state index contributed by atoms with van der Waals surface area (Å²) in [5, 5.41) is 57.9. The van der Waals surface area contributed by atoms with Crippen molar-refractivity contribution in [1.82, 2.24) is 14.6 Å². The molecule has 27 heteroatoms. The van der Waals surface area contributed by atoms with Crippen LogP contribution in [0.2, 0.25) is 0 Å².